The average molecular weight is 329 g/mol. The molecule has 0 unspecified atom stereocenters. The summed E-state index contributed by atoms with van der Waals surface area (Å²) in [4.78, 5) is 16.6. The molecule has 0 spiro atoms. The van der Waals surface area contributed by atoms with Crippen LogP contribution in [0.25, 0.3) is 5.69 Å². The van der Waals surface area contributed by atoms with Crippen LogP contribution in [0, 0.1) is 12.7 Å². The van der Waals surface area contributed by atoms with Crippen molar-refractivity contribution in [3.63, 3.8) is 0 Å². The van der Waals surface area contributed by atoms with Crippen molar-refractivity contribution in [3.8, 4) is 5.69 Å². The van der Waals surface area contributed by atoms with Crippen LogP contribution in [-0.4, -0.2) is 63.4 Å². The van der Waals surface area contributed by atoms with Crippen molar-refractivity contribution in [1.29, 1.82) is 0 Å². The van der Waals surface area contributed by atoms with Gasteiger partial charge in [-0.15, -0.1) is 11.7 Å². The van der Waals surface area contributed by atoms with Crippen molar-refractivity contribution >= 4 is 5.91 Å². The van der Waals surface area contributed by atoms with Crippen LogP contribution in [0.2, 0.25) is 0 Å². The molecule has 0 bridgehead atoms. The Morgan fingerprint density at radius 3 is 2.75 bits per heavy atom. The first-order valence-corrected chi connectivity index (χ1v) is 7.90. The Labute approximate surface area is 140 Å². The molecule has 1 amide bonds. The zero-order valence-electron chi connectivity index (χ0n) is 13.7. The van der Waals surface area contributed by atoms with E-state index >= 15 is 0 Å². The second-order valence-electron chi connectivity index (χ2n) is 5.86. The molecule has 24 heavy (non-hydrogen) atoms. The molecule has 1 saturated heterocycles. The van der Waals surface area contributed by atoms with Crippen molar-refractivity contribution in [2.24, 2.45) is 0 Å². The molecule has 2 aromatic rings. The quantitative estimate of drug-likeness (QED) is 0.801. The maximum absolute atomic E-state index is 13.4. The van der Waals surface area contributed by atoms with Crippen molar-refractivity contribution in [3.05, 3.63) is 54.1 Å². The molecular weight excluding hydrogens is 309 g/mol. The van der Waals surface area contributed by atoms with Gasteiger partial charge in [-0.25, -0.2) is 9.07 Å². The largest absolute Gasteiger partial charge is 0.335 e. The number of benzene rings is 1. The number of aryl methyl sites for hydroxylation is 1. The number of carbonyl (C=O) groups is 1. The summed E-state index contributed by atoms with van der Waals surface area (Å²) in [5.41, 5.74) is 1.50. The van der Waals surface area contributed by atoms with E-state index in [1.807, 2.05) is 6.08 Å². The minimum Gasteiger partial charge on any atom is -0.335 e. The molecule has 6 nitrogen and oxygen atoms in total. The van der Waals surface area contributed by atoms with Crippen molar-refractivity contribution in [1.82, 2.24) is 24.8 Å². The van der Waals surface area contributed by atoms with Gasteiger partial charge in [0, 0.05) is 32.7 Å². The fourth-order valence-electron chi connectivity index (χ4n) is 2.74. The molecule has 7 heteroatoms. The van der Waals surface area contributed by atoms with Crippen LogP contribution in [-0.2, 0) is 0 Å². The number of hydrogen-bond acceptors (Lipinski definition) is 4. The Morgan fingerprint density at radius 2 is 2.08 bits per heavy atom. The molecule has 1 aliphatic rings. The zero-order chi connectivity index (χ0) is 17.1. The van der Waals surface area contributed by atoms with Crippen molar-refractivity contribution < 1.29 is 9.18 Å². The smallest absolute Gasteiger partial charge is 0.276 e. The van der Waals surface area contributed by atoms with Gasteiger partial charge < -0.3 is 4.90 Å². The van der Waals surface area contributed by atoms with Crippen LogP contribution in [0.1, 0.15) is 16.1 Å². The van der Waals surface area contributed by atoms with E-state index in [4.69, 9.17) is 0 Å². The molecule has 126 valence electrons. The Bertz CT molecular complexity index is 749. The highest BCUT2D eigenvalue weighted by Crippen LogP contribution is 2.14. The maximum atomic E-state index is 13.4. The van der Waals surface area contributed by atoms with Crippen LogP contribution >= 0.6 is 0 Å². The molecule has 1 fully saturated rings. The third kappa shape index (κ3) is 3.35. The van der Waals surface area contributed by atoms with Crippen LogP contribution in [0.4, 0.5) is 4.39 Å². The topological polar surface area (TPSA) is 54.3 Å². The lowest BCUT2D eigenvalue weighted by Gasteiger charge is -2.33. The first-order valence-electron chi connectivity index (χ1n) is 7.90. The Kier molecular flexibility index (Phi) is 4.71. The third-order valence-electron chi connectivity index (χ3n) is 4.17. The number of nitrogens with zero attached hydrogens (tertiary/aromatic N) is 5. The van der Waals surface area contributed by atoms with Gasteiger partial charge in [-0.1, -0.05) is 11.3 Å². The minimum atomic E-state index is -0.271. The van der Waals surface area contributed by atoms with Crippen molar-refractivity contribution in [2.45, 2.75) is 6.92 Å². The Morgan fingerprint density at radius 1 is 1.33 bits per heavy atom. The minimum absolute atomic E-state index is 0.127. The van der Waals surface area contributed by atoms with Gasteiger partial charge in [-0.05, 0) is 30.7 Å². The number of halogens is 1. The number of aromatic nitrogens is 3. The number of carbonyl (C=O) groups excluding carboxylic acids is 1. The van der Waals surface area contributed by atoms with Crippen LogP contribution in [0.3, 0.4) is 0 Å². The molecule has 1 aliphatic heterocycles. The van der Waals surface area contributed by atoms with Crippen molar-refractivity contribution in [2.75, 3.05) is 32.7 Å². The summed E-state index contributed by atoms with van der Waals surface area (Å²) in [5, 5.41) is 7.96. The summed E-state index contributed by atoms with van der Waals surface area (Å²) in [5.74, 6) is -0.397. The summed E-state index contributed by atoms with van der Waals surface area (Å²) >= 11 is 0. The number of piperazine rings is 1. The molecule has 0 radical (unpaired) electrons. The highest BCUT2D eigenvalue weighted by molar-refractivity contribution is 5.92. The summed E-state index contributed by atoms with van der Waals surface area (Å²) in [6.07, 6.45) is 3.46. The second-order valence-corrected chi connectivity index (χ2v) is 5.86. The first kappa shape index (κ1) is 16.3. The average Bonchev–Trinajstić information content (AvgIpc) is 3.08. The van der Waals surface area contributed by atoms with Gasteiger partial charge in [0.25, 0.3) is 5.91 Å². The van der Waals surface area contributed by atoms with Crippen LogP contribution in [0.15, 0.2) is 37.1 Å². The fourth-order valence-corrected chi connectivity index (χ4v) is 2.74. The number of hydrogen-bond donors (Lipinski definition) is 0. The standard InChI is InChI=1S/C17H20FN5O/c1-3-6-21-7-9-22(10-8-21)17(24)16-12-23(20-19-16)14-4-5-15(18)13(2)11-14/h3-5,11-12H,1,6-10H2,2H3. The van der Waals surface area contributed by atoms with E-state index in [1.54, 1.807) is 30.2 Å². The molecule has 2 heterocycles. The second kappa shape index (κ2) is 6.92. The molecule has 3 rings (SSSR count). The van der Waals surface area contributed by atoms with Gasteiger partial charge >= 0.3 is 0 Å². The van der Waals surface area contributed by atoms with Gasteiger partial charge in [-0.3, -0.25) is 9.69 Å². The SMILES string of the molecule is C=CCN1CCN(C(=O)c2cn(-c3ccc(F)c(C)c3)nn2)CC1. The molecule has 1 aromatic carbocycles. The highest BCUT2D eigenvalue weighted by Gasteiger charge is 2.23. The molecule has 0 saturated carbocycles. The predicted octanol–water partition coefficient (Wildman–Crippen LogP) is 1.66. The van der Waals surface area contributed by atoms with Gasteiger partial charge in [0.15, 0.2) is 5.69 Å². The van der Waals surface area contributed by atoms with Gasteiger partial charge in [0.1, 0.15) is 5.82 Å². The Hall–Kier alpha value is -2.54. The summed E-state index contributed by atoms with van der Waals surface area (Å²) < 4.78 is 14.9. The highest BCUT2D eigenvalue weighted by atomic mass is 19.1. The van der Waals surface area contributed by atoms with E-state index in [0.29, 0.717) is 30.0 Å². The third-order valence-corrected chi connectivity index (χ3v) is 4.17. The maximum Gasteiger partial charge on any atom is 0.276 e. The first-order chi connectivity index (χ1) is 11.6. The molecule has 0 atom stereocenters. The van der Waals surface area contributed by atoms with E-state index < -0.39 is 0 Å². The number of amides is 1. The van der Waals surface area contributed by atoms with E-state index in [0.717, 1.165) is 19.6 Å². The van der Waals surface area contributed by atoms with Gasteiger partial charge in [0.05, 0.1) is 11.9 Å². The molecular formula is C17H20FN5O. The van der Waals surface area contributed by atoms with Crippen LogP contribution in [0.5, 0.6) is 0 Å². The molecule has 1 aromatic heterocycles. The van der Waals surface area contributed by atoms with Gasteiger partial charge in [0.2, 0.25) is 0 Å². The van der Waals surface area contributed by atoms with Gasteiger partial charge in [-0.2, -0.15) is 0 Å². The Balaban J connectivity index is 1.70. The van der Waals surface area contributed by atoms with E-state index in [-0.39, 0.29) is 11.7 Å². The number of rotatable bonds is 4. The van der Waals surface area contributed by atoms with E-state index in [1.165, 1.54) is 10.7 Å². The van der Waals surface area contributed by atoms with E-state index in [2.05, 4.69) is 21.8 Å². The molecule has 0 aliphatic carbocycles. The summed E-state index contributed by atoms with van der Waals surface area (Å²) in [7, 11) is 0. The lowest BCUT2D eigenvalue weighted by atomic mass is 10.2. The normalized spacial score (nSPS) is 15.5. The van der Waals surface area contributed by atoms with E-state index in [9.17, 15) is 9.18 Å². The fraction of sp³-hybridized carbons (Fsp3) is 0.353. The zero-order valence-corrected chi connectivity index (χ0v) is 13.7. The lowest BCUT2D eigenvalue weighted by Crippen LogP contribution is -2.48. The summed E-state index contributed by atoms with van der Waals surface area (Å²) in [6, 6.07) is 4.66. The van der Waals surface area contributed by atoms with Crippen LogP contribution < -0.4 is 0 Å². The lowest BCUT2D eigenvalue weighted by molar-refractivity contribution is 0.0644. The summed E-state index contributed by atoms with van der Waals surface area (Å²) in [6.45, 7) is 9.22. The monoisotopic (exact) mass is 329 g/mol. The predicted molar refractivity (Wildman–Crippen MR) is 88.6 cm³/mol. The molecule has 0 N–H and O–H groups in total.